The molecule has 74 valence electrons. The Hall–Kier alpha value is -2.48. The molecule has 0 aliphatic heterocycles. The third-order valence-electron chi connectivity index (χ3n) is 2.00. The molecule has 0 bridgehead atoms. The molecule has 1 aromatic carbocycles. The largest absolute Gasteiger partial charge is 0.361 e. The lowest BCUT2D eigenvalue weighted by Gasteiger charge is -2.05. The van der Waals surface area contributed by atoms with Crippen molar-refractivity contribution in [2.24, 2.45) is 0 Å². The summed E-state index contributed by atoms with van der Waals surface area (Å²) in [7, 11) is 0. The van der Waals surface area contributed by atoms with E-state index in [0.717, 1.165) is 16.6 Å². The highest BCUT2D eigenvalue weighted by molar-refractivity contribution is 5.94. The number of nitrogens with zero attached hydrogens (tertiary/aromatic N) is 1. The molecule has 0 fully saturated rings. The first-order valence-corrected chi connectivity index (χ1v) is 4.37. The van der Waals surface area contributed by atoms with E-state index in [4.69, 9.17) is 10.7 Å². The van der Waals surface area contributed by atoms with Crippen LogP contribution in [0.4, 0.5) is 5.69 Å². The predicted octanol–water partition coefficient (Wildman–Crippen LogP) is 1.59. The highest BCUT2D eigenvalue weighted by atomic mass is 15.1. The van der Waals surface area contributed by atoms with Crippen LogP contribution in [0.3, 0.4) is 0 Å². The van der Waals surface area contributed by atoms with Gasteiger partial charge in [0.25, 0.3) is 0 Å². The Kier molecular flexibility index (Phi) is 2.25. The molecule has 0 aliphatic carbocycles. The molecule has 0 unspecified atom stereocenters. The van der Waals surface area contributed by atoms with Crippen molar-refractivity contribution in [1.82, 2.24) is 10.3 Å². The number of H-pyrrole nitrogens is 1. The zero-order valence-corrected chi connectivity index (χ0v) is 7.83. The highest BCUT2D eigenvalue weighted by Gasteiger charge is 1.98. The molecule has 5 heteroatoms. The highest BCUT2D eigenvalue weighted by Crippen LogP contribution is 2.17. The molecule has 4 N–H and O–H groups in total. The minimum absolute atomic E-state index is 0.0348. The number of benzene rings is 1. The van der Waals surface area contributed by atoms with Gasteiger partial charge in [-0.3, -0.25) is 10.7 Å². The molecule has 1 aromatic heterocycles. The molecule has 0 spiro atoms. The zero-order valence-electron chi connectivity index (χ0n) is 7.83. The Morgan fingerprint density at radius 2 is 2.27 bits per heavy atom. The predicted molar refractivity (Wildman–Crippen MR) is 58.4 cm³/mol. The molecule has 0 saturated carbocycles. The normalized spacial score (nSPS) is 9.53. The maximum Gasteiger partial charge on any atom is 0.206 e. The monoisotopic (exact) mass is 199 g/mol. The minimum Gasteiger partial charge on any atom is -0.361 e. The SMILES string of the molecule is N#CNC(=N)Nc1ccc2[nH]ccc2c1. The van der Waals surface area contributed by atoms with E-state index in [1.165, 1.54) is 0 Å². The second-order valence-electron chi connectivity index (χ2n) is 3.02. The zero-order chi connectivity index (χ0) is 10.7. The van der Waals surface area contributed by atoms with Gasteiger partial charge in [0.2, 0.25) is 5.96 Å². The maximum atomic E-state index is 8.31. The second-order valence-corrected chi connectivity index (χ2v) is 3.02. The van der Waals surface area contributed by atoms with Gasteiger partial charge in [0.15, 0.2) is 6.19 Å². The Morgan fingerprint density at radius 3 is 3.07 bits per heavy atom. The molecular weight excluding hydrogens is 190 g/mol. The number of aromatic amines is 1. The quantitative estimate of drug-likeness (QED) is 0.243. The van der Waals surface area contributed by atoms with E-state index in [9.17, 15) is 0 Å². The van der Waals surface area contributed by atoms with Gasteiger partial charge in [-0.15, -0.1) is 0 Å². The van der Waals surface area contributed by atoms with E-state index in [0.29, 0.717) is 0 Å². The molecule has 1 heterocycles. The lowest BCUT2D eigenvalue weighted by molar-refractivity contribution is 1.21. The molecular formula is C10H9N5. The van der Waals surface area contributed by atoms with Gasteiger partial charge in [0.1, 0.15) is 0 Å². The van der Waals surface area contributed by atoms with Crippen LogP contribution in [0.15, 0.2) is 30.5 Å². The third-order valence-corrected chi connectivity index (χ3v) is 2.00. The van der Waals surface area contributed by atoms with E-state index >= 15 is 0 Å². The number of hydrogen-bond donors (Lipinski definition) is 4. The second kappa shape index (κ2) is 3.72. The number of hydrogen-bond acceptors (Lipinski definition) is 2. The Labute approximate surface area is 86.2 Å². The van der Waals surface area contributed by atoms with Crippen LogP contribution >= 0.6 is 0 Å². The molecule has 2 aromatic rings. The van der Waals surface area contributed by atoms with Gasteiger partial charge >= 0.3 is 0 Å². The van der Waals surface area contributed by atoms with Crippen LogP contribution in [-0.4, -0.2) is 10.9 Å². The topological polar surface area (TPSA) is 87.5 Å². The summed E-state index contributed by atoms with van der Waals surface area (Å²) >= 11 is 0. The van der Waals surface area contributed by atoms with Gasteiger partial charge in [-0.1, -0.05) is 0 Å². The van der Waals surface area contributed by atoms with Crippen LogP contribution in [0.5, 0.6) is 0 Å². The lowest BCUT2D eigenvalue weighted by Crippen LogP contribution is -2.24. The summed E-state index contributed by atoms with van der Waals surface area (Å²) in [5.41, 5.74) is 1.81. The van der Waals surface area contributed by atoms with Gasteiger partial charge in [0, 0.05) is 22.8 Å². The average Bonchev–Trinajstić information content (AvgIpc) is 2.65. The van der Waals surface area contributed by atoms with Crippen LogP contribution < -0.4 is 10.6 Å². The molecule has 0 aliphatic rings. The first-order valence-electron chi connectivity index (χ1n) is 4.37. The first kappa shape index (κ1) is 9.09. The van der Waals surface area contributed by atoms with Crippen LogP contribution in [0.2, 0.25) is 0 Å². The Bertz CT molecular complexity index is 534. The van der Waals surface area contributed by atoms with Crippen molar-refractivity contribution in [2.45, 2.75) is 0 Å². The average molecular weight is 199 g/mol. The van der Waals surface area contributed by atoms with Gasteiger partial charge in [0.05, 0.1) is 0 Å². The molecule has 0 radical (unpaired) electrons. The Morgan fingerprint density at radius 1 is 1.40 bits per heavy atom. The molecule has 5 nitrogen and oxygen atoms in total. The number of rotatable bonds is 1. The smallest absolute Gasteiger partial charge is 0.206 e. The summed E-state index contributed by atoms with van der Waals surface area (Å²) < 4.78 is 0. The summed E-state index contributed by atoms with van der Waals surface area (Å²) in [6.07, 6.45) is 3.53. The van der Waals surface area contributed by atoms with E-state index in [1.54, 1.807) is 6.19 Å². The number of aromatic nitrogens is 1. The van der Waals surface area contributed by atoms with Gasteiger partial charge < -0.3 is 10.3 Å². The minimum atomic E-state index is -0.0348. The first-order chi connectivity index (χ1) is 7.29. The van der Waals surface area contributed by atoms with Gasteiger partial charge in [-0.05, 0) is 24.3 Å². The molecule has 0 saturated heterocycles. The van der Waals surface area contributed by atoms with Crippen LogP contribution in [0, 0.1) is 16.9 Å². The van der Waals surface area contributed by atoms with Crippen molar-refractivity contribution in [3.05, 3.63) is 30.5 Å². The van der Waals surface area contributed by atoms with Crippen LogP contribution in [-0.2, 0) is 0 Å². The number of nitrogens with one attached hydrogen (secondary N) is 4. The summed E-state index contributed by atoms with van der Waals surface area (Å²) in [5.74, 6) is -0.0348. The summed E-state index contributed by atoms with van der Waals surface area (Å²) in [6, 6.07) is 7.60. The maximum absolute atomic E-state index is 8.31. The molecule has 2 rings (SSSR count). The number of nitriles is 1. The van der Waals surface area contributed by atoms with Gasteiger partial charge in [-0.25, -0.2) is 0 Å². The van der Waals surface area contributed by atoms with E-state index in [1.807, 2.05) is 30.5 Å². The van der Waals surface area contributed by atoms with Crippen molar-refractivity contribution >= 4 is 22.5 Å². The van der Waals surface area contributed by atoms with Crippen molar-refractivity contribution in [2.75, 3.05) is 5.32 Å². The fourth-order valence-electron chi connectivity index (χ4n) is 1.36. The summed E-state index contributed by atoms with van der Waals surface area (Å²) in [5, 5.41) is 21.7. The third kappa shape index (κ3) is 1.89. The summed E-state index contributed by atoms with van der Waals surface area (Å²) in [4.78, 5) is 3.08. The van der Waals surface area contributed by atoms with E-state index in [2.05, 4.69) is 15.6 Å². The fraction of sp³-hybridized carbons (Fsp3) is 0. The summed E-state index contributed by atoms with van der Waals surface area (Å²) in [6.45, 7) is 0. The van der Waals surface area contributed by atoms with Crippen molar-refractivity contribution in [1.29, 1.82) is 10.7 Å². The van der Waals surface area contributed by atoms with Gasteiger partial charge in [-0.2, -0.15) is 5.26 Å². The fourth-order valence-corrected chi connectivity index (χ4v) is 1.36. The van der Waals surface area contributed by atoms with E-state index in [-0.39, 0.29) is 5.96 Å². The Balaban J connectivity index is 2.22. The standard InChI is InChI=1S/C10H9N5/c11-6-14-10(12)15-8-1-2-9-7(5-8)3-4-13-9/h1-5,13H,(H3,12,14,15). The van der Waals surface area contributed by atoms with Crippen molar-refractivity contribution < 1.29 is 0 Å². The lowest BCUT2D eigenvalue weighted by atomic mass is 10.2. The molecule has 0 amide bonds. The van der Waals surface area contributed by atoms with Crippen molar-refractivity contribution in [3.8, 4) is 6.19 Å². The number of anilines is 1. The van der Waals surface area contributed by atoms with Crippen LogP contribution in [0.1, 0.15) is 0 Å². The molecule has 15 heavy (non-hydrogen) atoms. The van der Waals surface area contributed by atoms with Crippen LogP contribution in [0.25, 0.3) is 10.9 Å². The molecule has 0 atom stereocenters. The van der Waals surface area contributed by atoms with Crippen molar-refractivity contribution in [3.63, 3.8) is 0 Å². The number of fused-ring (bicyclic) bond motifs is 1. The van der Waals surface area contributed by atoms with E-state index < -0.39 is 0 Å². The number of guanidine groups is 1.